The van der Waals surface area contributed by atoms with Gasteiger partial charge in [0.2, 0.25) is 0 Å². The number of carbonyl (C=O) groups is 2. The number of phenolic OH excluding ortho intramolecular Hbond substituents is 1. The van der Waals surface area contributed by atoms with Crippen LogP contribution in [0.4, 0.5) is 0 Å². The van der Waals surface area contributed by atoms with Crippen molar-refractivity contribution < 1.29 is 28.9 Å². The average Bonchev–Trinajstić information content (AvgIpc) is 3.15. The van der Waals surface area contributed by atoms with Crippen molar-refractivity contribution in [1.82, 2.24) is 0 Å². The van der Waals surface area contributed by atoms with Crippen LogP contribution in [0.3, 0.4) is 0 Å². The minimum atomic E-state index is -0.498. The number of cyclic esters (lactones) is 1. The molecule has 1 aromatic rings. The van der Waals surface area contributed by atoms with Crippen molar-refractivity contribution in [2.24, 2.45) is 5.92 Å². The minimum Gasteiger partial charge on any atom is -0.507 e. The number of alkyl halides is 1. The monoisotopic (exact) mass is 494 g/mol. The minimum absolute atomic E-state index is 0.0634. The van der Waals surface area contributed by atoms with Crippen molar-refractivity contribution in [1.29, 1.82) is 0 Å². The molecule has 0 amide bonds. The molecule has 0 aromatic heterocycles. The third-order valence-electron chi connectivity index (χ3n) is 5.62. The molecule has 0 radical (unpaired) electrons. The Morgan fingerprint density at radius 1 is 1.32 bits per heavy atom. The Bertz CT molecular complexity index is 872. The van der Waals surface area contributed by atoms with Gasteiger partial charge in [0.25, 0.3) is 0 Å². The lowest BCUT2D eigenvalue weighted by molar-refractivity contribution is -0.140. The van der Waals surface area contributed by atoms with Crippen molar-refractivity contribution in [3.8, 4) is 11.5 Å². The second-order valence-corrected chi connectivity index (χ2v) is 8.36. The van der Waals surface area contributed by atoms with Crippen LogP contribution in [-0.2, 0) is 27.3 Å². The highest BCUT2D eigenvalue weighted by molar-refractivity contribution is 9.09. The topological polar surface area (TPSA) is 82.1 Å². The first-order valence-corrected chi connectivity index (χ1v) is 11.5. The lowest BCUT2D eigenvalue weighted by Crippen LogP contribution is -2.07. The number of halogens is 1. The molecule has 170 valence electrons. The molecule has 1 atom stereocenters. The molecule has 1 N–H and O–H groups in total. The van der Waals surface area contributed by atoms with Gasteiger partial charge in [-0.15, -0.1) is 0 Å². The maximum atomic E-state index is 12.1. The van der Waals surface area contributed by atoms with E-state index < -0.39 is 5.97 Å². The smallest absolute Gasteiger partial charge is 0.342 e. The summed E-state index contributed by atoms with van der Waals surface area (Å²) in [7, 11) is 2.96. The first-order chi connectivity index (χ1) is 14.8. The SMILES string of the molecule is COC(=O)CCC(C/C=C/CBr)C/C(C)=C/Cc1c(O)c2c(c(C)c1OC)COC2=O. The highest BCUT2D eigenvalue weighted by Gasteiger charge is 2.31. The van der Waals surface area contributed by atoms with Gasteiger partial charge in [-0.1, -0.05) is 39.7 Å². The summed E-state index contributed by atoms with van der Waals surface area (Å²) in [6.45, 7) is 4.07. The molecule has 0 fully saturated rings. The molecule has 0 spiro atoms. The van der Waals surface area contributed by atoms with Gasteiger partial charge in [-0.25, -0.2) is 4.79 Å². The summed E-state index contributed by atoms with van der Waals surface area (Å²) < 4.78 is 15.4. The normalized spacial score (nSPS) is 14.5. The van der Waals surface area contributed by atoms with E-state index in [9.17, 15) is 14.7 Å². The van der Waals surface area contributed by atoms with E-state index in [2.05, 4.69) is 28.1 Å². The van der Waals surface area contributed by atoms with E-state index in [1.165, 1.54) is 7.11 Å². The van der Waals surface area contributed by atoms with Gasteiger partial charge in [0, 0.05) is 22.9 Å². The van der Waals surface area contributed by atoms with E-state index in [1.54, 1.807) is 7.11 Å². The van der Waals surface area contributed by atoms with Crippen molar-refractivity contribution >= 4 is 27.9 Å². The molecule has 0 bridgehead atoms. The summed E-state index contributed by atoms with van der Waals surface area (Å²) in [5.74, 6) is 0.124. The molecule has 1 heterocycles. The van der Waals surface area contributed by atoms with Crippen LogP contribution in [0.5, 0.6) is 11.5 Å². The van der Waals surface area contributed by atoms with Crippen LogP contribution in [0.25, 0.3) is 0 Å². The summed E-state index contributed by atoms with van der Waals surface area (Å²) in [4.78, 5) is 23.6. The predicted molar refractivity (Wildman–Crippen MR) is 123 cm³/mol. The Balaban J connectivity index is 2.20. The molecule has 1 aromatic carbocycles. The van der Waals surface area contributed by atoms with Crippen LogP contribution in [0.1, 0.15) is 59.7 Å². The fraction of sp³-hybridized carbons (Fsp3) is 0.500. The number of hydrogen-bond donors (Lipinski definition) is 1. The third-order valence-corrected chi connectivity index (χ3v) is 6.00. The molecule has 1 aliphatic rings. The second-order valence-electron chi connectivity index (χ2n) is 7.72. The van der Waals surface area contributed by atoms with Gasteiger partial charge in [0.1, 0.15) is 23.7 Å². The molecule has 0 aliphatic carbocycles. The maximum absolute atomic E-state index is 12.1. The van der Waals surface area contributed by atoms with Crippen molar-refractivity contribution in [3.05, 3.63) is 46.1 Å². The van der Waals surface area contributed by atoms with E-state index in [0.29, 0.717) is 35.6 Å². The molecule has 7 heteroatoms. The number of aromatic hydroxyl groups is 1. The van der Waals surface area contributed by atoms with Crippen molar-refractivity contribution in [3.63, 3.8) is 0 Å². The number of rotatable bonds is 11. The van der Waals surface area contributed by atoms with E-state index in [-0.39, 0.29) is 23.9 Å². The van der Waals surface area contributed by atoms with Crippen LogP contribution in [0, 0.1) is 12.8 Å². The Labute approximate surface area is 192 Å². The predicted octanol–water partition coefficient (Wildman–Crippen LogP) is 5.17. The Hall–Kier alpha value is -2.28. The quantitative estimate of drug-likeness (QED) is 0.259. The number of methoxy groups -OCH3 is 2. The zero-order chi connectivity index (χ0) is 23.0. The zero-order valence-corrected chi connectivity index (χ0v) is 20.2. The van der Waals surface area contributed by atoms with Crippen LogP contribution in [0.15, 0.2) is 23.8 Å². The molecule has 0 saturated heterocycles. The summed E-state index contributed by atoms with van der Waals surface area (Å²) in [6.07, 6.45) is 9.46. The number of ether oxygens (including phenoxy) is 3. The molecule has 2 rings (SSSR count). The van der Waals surface area contributed by atoms with Gasteiger partial charge in [-0.2, -0.15) is 0 Å². The first kappa shape index (κ1) is 25.0. The van der Waals surface area contributed by atoms with E-state index in [1.807, 2.05) is 19.9 Å². The standard InChI is InChI=1S/C24H31BrO6/c1-15(13-17(7-5-6-12-25)9-11-20(26)29-3)8-10-18-22(27)21-19(14-31-24(21)28)16(2)23(18)30-4/h5-6,8,17,27H,7,9-14H2,1-4H3/b6-5+,15-8+. The van der Waals surface area contributed by atoms with Gasteiger partial charge in [-0.05, 0) is 51.0 Å². The van der Waals surface area contributed by atoms with Gasteiger partial charge in [0.15, 0.2) is 0 Å². The maximum Gasteiger partial charge on any atom is 0.342 e. The zero-order valence-electron chi connectivity index (χ0n) is 18.6. The molecule has 31 heavy (non-hydrogen) atoms. The van der Waals surface area contributed by atoms with Gasteiger partial charge >= 0.3 is 11.9 Å². The van der Waals surface area contributed by atoms with Gasteiger partial charge in [-0.3, -0.25) is 4.79 Å². The average molecular weight is 495 g/mol. The van der Waals surface area contributed by atoms with E-state index >= 15 is 0 Å². The molecule has 0 saturated carbocycles. The van der Waals surface area contributed by atoms with Gasteiger partial charge < -0.3 is 19.3 Å². The summed E-state index contributed by atoms with van der Waals surface area (Å²) in [5, 5.41) is 11.5. The molecular formula is C24H31BrO6. The first-order valence-electron chi connectivity index (χ1n) is 10.4. The number of phenols is 1. The Morgan fingerprint density at radius 2 is 2.06 bits per heavy atom. The van der Waals surface area contributed by atoms with Crippen LogP contribution >= 0.6 is 15.9 Å². The molecule has 6 nitrogen and oxygen atoms in total. The lowest BCUT2D eigenvalue weighted by atomic mass is 9.90. The number of hydrogen-bond acceptors (Lipinski definition) is 6. The second kappa shape index (κ2) is 11.9. The van der Waals surface area contributed by atoms with E-state index in [4.69, 9.17) is 14.2 Å². The van der Waals surface area contributed by atoms with Gasteiger partial charge in [0.05, 0.1) is 14.2 Å². The lowest BCUT2D eigenvalue weighted by Gasteiger charge is -2.17. The Kier molecular flexibility index (Phi) is 9.62. The van der Waals surface area contributed by atoms with Crippen molar-refractivity contribution in [2.75, 3.05) is 19.5 Å². The summed E-state index contributed by atoms with van der Waals surface area (Å²) in [5.41, 5.74) is 3.48. The summed E-state index contributed by atoms with van der Waals surface area (Å²) in [6, 6.07) is 0. The number of allylic oxidation sites excluding steroid dienone is 4. The molecular weight excluding hydrogens is 464 g/mol. The van der Waals surface area contributed by atoms with E-state index in [0.717, 1.165) is 35.7 Å². The number of benzene rings is 1. The fourth-order valence-electron chi connectivity index (χ4n) is 3.92. The highest BCUT2D eigenvalue weighted by Crippen LogP contribution is 2.42. The largest absolute Gasteiger partial charge is 0.507 e. The van der Waals surface area contributed by atoms with Crippen LogP contribution < -0.4 is 4.74 Å². The van der Waals surface area contributed by atoms with Crippen molar-refractivity contribution in [2.45, 2.75) is 52.6 Å². The number of fused-ring (bicyclic) bond motifs is 1. The Morgan fingerprint density at radius 3 is 2.71 bits per heavy atom. The number of carbonyl (C=O) groups excluding carboxylic acids is 2. The fourth-order valence-corrected chi connectivity index (χ4v) is 4.19. The van der Waals surface area contributed by atoms with Crippen LogP contribution in [-0.4, -0.2) is 36.6 Å². The molecule has 1 aliphatic heterocycles. The molecule has 1 unspecified atom stereocenters. The summed E-state index contributed by atoms with van der Waals surface area (Å²) >= 11 is 3.39. The third kappa shape index (κ3) is 6.35. The number of esters is 2. The highest BCUT2D eigenvalue weighted by atomic mass is 79.9. The van der Waals surface area contributed by atoms with Crippen LogP contribution in [0.2, 0.25) is 0 Å².